The van der Waals surface area contributed by atoms with Crippen LogP contribution in [0.5, 0.6) is 5.75 Å². The quantitative estimate of drug-likeness (QED) is 0.861. The van der Waals surface area contributed by atoms with Crippen molar-refractivity contribution in [3.63, 3.8) is 0 Å². The van der Waals surface area contributed by atoms with Crippen LogP contribution in [-0.4, -0.2) is 24.2 Å². The number of nitrogens with zero attached hydrogens (tertiary/aromatic N) is 1. The molecule has 0 bridgehead atoms. The van der Waals surface area contributed by atoms with Gasteiger partial charge in [-0.1, -0.05) is 11.6 Å². The fourth-order valence-electron chi connectivity index (χ4n) is 2.41. The van der Waals surface area contributed by atoms with Crippen molar-refractivity contribution in [2.24, 2.45) is 0 Å². The molecule has 1 aromatic heterocycles. The highest BCUT2D eigenvalue weighted by atomic mass is 35.5. The summed E-state index contributed by atoms with van der Waals surface area (Å²) >= 11 is 7.70. The van der Waals surface area contributed by atoms with Gasteiger partial charge in [0.15, 0.2) is 0 Å². The molecule has 0 aliphatic carbocycles. The molecule has 0 spiro atoms. The van der Waals surface area contributed by atoms with Gasteiger partial charge in [0.05, 0.1) is 10.7 Å². The zero-order chi connectivity index (χ0) is 13.9. The van der Waals surface area contributed by atoms with Crippen molar-refractivity contribution in [1.82, 2.24) is 10.3 Å². The Morgan fingerprint density at radius 1 is 1.50 bits per heavy atom. The second kappa shape index (κ2) is 6.12. The van der Waals surface area contributed by atoms with Gasteiger partial charge in [-0.15, -0.1) is 11.3 Å². The molecule has 0 saturated heterocycles. The fraction of sp³-hybridized carbons (Fsp3) is 0.400. The lowest BCUT2D eigenvalue weighted by atomic mass is 10.1. The summed E-state index contributed by atoms with van der Waals surface area (Å²) in [6, 6.07) is 5.82. The Balaban J connectivity index is 1.42. The third-order valence-corrected chi connectivity index (χ3v) is 4.42. The molecule has 0 amide bonds. The first-order valence-electron chi connectivity index (χ1n) is 6.77. The van der Waals surface area contributed by atoms with Crippen LogP contribution >= 0.6 is 22.9 Å². The second-order valence-electron chi connectivity index (χ2n) is 5.01. The molecule has 1 unspecified atom stereocenters. The number of rotatable bonds is 5. The van der Waals surface area contributed by atoms with E-state index < -0.39 is 0 Å². The normalized spacial score (nSPS) is 17.0. The lowest BCUT2D eigenvalue weighted by Crippen LogP contribution is -2.31. The minimum atomic E-state index is 0.209. The first-order chi connectivity index (χ1) is 9.70. The number of hydrogen-bond acceptors (Lipinski definition) is 4. The lowest BCUT2D eigenvalue weighted by Gasteiger charge is -2.11. The summed E-state index contributed by atoms with van der Waals surface area (Å²) in [7, 11) is 0. The molecule has 1 aliphatic rings. The third-order valence-electron chi connectivity index (χ3n) is 3.36. The van der Waals surface area contributed by atoms with Crippen molar-refractivity contribution in [3.05, 3.63) is 44.9 Å². The van der Waals surface area contributed by atoms with E-state index in [-0.39, 0.29) is 6.10 Å². The van der Waals surface area contributed by atoms with Gasteiger partial charge < -0.3 is 10.1 Å². The summed E-state index contributed by atoms with van der Waals surface area (Å²) < 4.78 is 5.88. The van der Waals surface area contributed by atoms with Crippen LogP contribution in [0.3, 0.4) is 0 Å². The number of nitrogens with one attached hydrogen (secondary N) is 1. The molecule has 2 aromatic rings. The summed E-state index contributed by atoms with van der Waals surface area (Å²) in [6.07, 6.45) is 2.11. The predicted molar refractivity (Wildman–Crippen MR) is 83.0 cm³/mol. The van der Waals surface area contributed by atoms with Crippen molar-refractivity contribution in [1.29, 1.82) is 0 Å². The minimum absolute atomic E-state index is 0.209. The van der Waals surface area contributed by atoms with Crippen LogP contribution in [0.2, 0.25) is 5.02 Å². The molecule has 1 aliphatic heterocycles. The first-order valence-corrected chi connectivity index (χ1v) is 8.03. The molecular weight excluding hydrogens is 292 g/mol. The zero-order valence-corrected chi connectivity index (χ0v) is 12.9. The number of aromatic nitrogens is 1. The molecule has 0 fully saturated rings. The summed E-state index contributed by atoms with van der Waals surface area (Å²) in [4.78, 5) is 4.45. The average Bonchev–Trinajstić information content (AvgIpc) is 3.00. The highest BCUT2D eigenvalue weighted by molar-refractivity contribution is 7.09. The van der Waals surface area contributed by atoms with E-state index in [0.29, 0.717) is 0 Å². The van der Waals surface area contributed by atoms with Gasteiger partial charge >= 0.3 is 0 Å². The Kier molecular flexibility index (Phi) is 4.24. The van der Waals surface area contributed by atoms with Gasteiger partial charge in [0.25, 0.3) is 0 Å². The van der Waals surface area contributed by atoms with E-state index in [4.69, 9.17) is 16.3 Å². The molecule has 3 nitrogen and oxygen atoms in total. The lowest BCUT2D eigenvalue weighted by molar-refractivity contribution is 0.228. The molecule has 3 rings (SSSR count). The van der Waals surface area contributed by atoms with E-state index in [2.05, 4.69) is 15.7 Å². The highest BCUT2D eigenvalue weighted by Gasteiger charge is 2.22. The number of aryl methyl sites for hydroxylation is 1. The van der Waals surface area contributed by atoms with E-state index in [1.54, 1.807) is 11.3 Å². The molecule has 1 aromatic carbocycles. The number of fused-ring (bicyclic) bond motifs is 1. The SMILES string of the molecule is Cc1nc(CCNCC2Cc3cc(Cl)ccc3O2)cs1. The number of hydrogen-bond donors (Lipinski definition) is 1. The van der Waals surface area contributed by atoms with Crippen molar-refractivity contribution in [2.45, 2.75) is 25.9 Å². The number of halogens is 1. The molecule has 0 saturated carbocycles. The van der Waals surface area contributed by atoms with Crippen molar-refractivity contribution < 1.29 is 4.74 Å². The van der Waals surface area contributed by atoms with Crippen LogP contribution in [0.15, 0.2) is 23.6 Å². The van der Waals surface area contributed by atoms with Crippen molar-refractivity contribution >= 4 is 22.9 Å². The van der Waals surface area contributed by atoms with Gasteiger partial charge in [-0.05, 0) is 30.7 Å². The maximum Gasteiger partial charge on any atom is 0.123 e. The molecule has 1 atom stereocenters. The molecular formula is C15H17ClN2OS. The standard InChI is InChI=1S/C15H17ClN2OS/c1-10-18-13(9-20-10)4-5-17-8-14-7-11-6-12(16)2-3-15(11)19-14/h2-3,6,9,14,17H,4-5,7-8H2,1H3. The minimum Gasteiger partial charge on any atom is -0.488 e. The number of benzene rings is 1. The summed E-state index contributed by atoms with van der Waals surface area (Å²) in [5.74, 6) is 0.969. The Morgan fingerprint density at radius 2 is 2.40 bits per heavy atom. The summed E-state index contributed by atoms with van der Waals surface area (Å²) in [5.41, 5.74) is 2.38. The van der Waals surface area contributed by atoms with Gasteiger partial charge in [-0.3, -0.25) is 0 Å². The summed E-state index contributed by atoms with van der Waals surface area (Å²) in [6.45, 7) is 3.83. The van der Waals surface area contributed by atoms with E-state index in [0.717, 1.165) is 41.7 Å². The van der Waals surface area contributed by atoms with Gasteiger partial charge in [0.2, 0.25) is 0 Å². The fourth-order valence-corrected chi connectivity index (χ4v) is 3.25. The van der Waals surface area contributed by atoms with Crippen LogP contribution < -0.4 is 10.1 Å². The molecule has 5 heteroatoms. The smallest absolute Gasteiger partial charge is 0.123 e. The molecule has 20 heavy (non-hydrogen) atoms. The molecule has 0 radical (unpaired) electrons. The Morgan fingerprint density at radius 3 is 3.20 bits per heavy atom. The number of ether oxygens (including phenoxy) is 1. The number of thiazole rings is 1. The second-order valence-corrected chi connectivity index (χ2v) is 6.51. The monoisotopic (exact) mass is 308 g/mol. The Bertz CT molecular complexity index is 599. The molecule has 2 heterocycles. The van der Waals surface area contributed by atoms with Crippen molar-refractivity contribution in [3.8, 4) is 5.75 Å². The van der Waals surface area contributed by atoms with Crippen molar-refractivity contribution in [2.75, 3.05) is 13.1 Å². The van der Waals surface area contributed by atoms with Crippen LogP contribution in [-0.2, 0) is 12.8 Å². The maximum atomic E-state index is 5.99. The van der Waals surface area contributed by atoms with Crippen LogP contribution in [0.25, 0.3) is 0 Å². The van der Waals surface area contributed by atoms with Gasteiger partial charge in [0.1, 0.15) is 11.9 Å². The Labute approximate surface area is 127 Å². The van der Waals surface area contributed by atoms with Crippen LogP contribution in [0.1, 0.15) is 16.3 Å². The third kappa shape index (κ3) is 3.32. The van der Waals surface area contributed by atoms with Gasteiger partial charge in [-0.2, -0.15) is 0 Å². The molecule has 106 valence electrons. The van der Waals surface area contributed by atoms with E-state index in [1.165, 1.54) is 11.3 Å². The largest absolute Gasteiger partial charge is 0.488 e. The van der Waals surface area contributed by atoms with Gasteiger partial charge in [0, 0.05) is 36.3 Å². The highest BCUT2D eigenvalue weighted by Crippen LogP contribution is 2.30. The first kappa shape index (κ1) is 13.9. The average molecular weight is 309 g/mol. The maximum absolute atomic E-state index is 5.99. The van der Waals surface area contributed by atoms with Crippen LogP contribution in [0, 0.1) is 6.92 Å². The zero-order valence-electron chi connectivity index (χ0n) is 11.4. The predicted octanol–water partition coefficient (Wildman–Crippen LogP) is 3.24. The van der Waals surface area contributed by atoms with Gasteiger partial charge in [-0.25, -0.2) is 4.98 Å². The summed E-state index contributed by atoms with van der Waals surface area (Å²) in [5, 5.41) is 7.48. The van der Waals surface area contributed by atoms with E-state index in [1.807, 2.05) is 25.1 Å². The Hall–Kier alpha value is -1.10. The molecule has 1 N–H and O–H groups in total. The van der Waals surface area contributed by atoms with E-state index >= 15 is 0 Å². The van der Waals surface area contributed by atoms with E-state index in [9.17, 15) is 0 Å². The topological polar surface area (TPSA) is 34.2 Å². The van der Waals surface area contributed by atoms with Crippen LogP contribution in [0.4, 0.5) is 0 Å².